The maximum absolute atomic E-state index is 12.0. The molecule has 0 fully saturated rings. The van der Waals surface area contributed by atoms with Crippen LogP contribution in [-0.4, -0.2) is 17.8 Å². The van der Waals surface area contributed by atoms with Crippen LogP contribution in [0.2, 0.25) is 0 Å². The highest BCUT2D eigenvalue weighted by Gasteiger charge is 2.26. The van der Waals surface area contributed by atoms with Crippen LogP contribution < -0.4 is 10.5 Å². The zero-order valence-electron chi connectivity index (χ0n) is 11.5. The molecule has 0 spiro atoms. The van der Waals surface area contributed by atoms with Gasteiger partial charge < -0.3 is 10.5 Å². The van der Waals surface area contributed by atoms with Crippen molar-refractivity contribution in [3.63, 3.8) is 0 Å². The first kappa shape index (κ1) is 19.0. The predicted molar refractivity (Wildman–Crippen MR) is 74.0 cm³/mol. The molecule has 0 saturated carbocycles. The Bertz CT molecular complexity index is 399. The van der Waals surface area contributed by atoms with E-state index in [4.69, 9.17) is 10.5 Å². The van der Waals surface area contributed by atoms with E-state index < -0.39 is 19.2 Å². The van der Waals surface area contributed by atoms with Gasteiger partial charge in [-0.2, -0.15) is 13.2 Å². The molecule has 2 N–H and O–H groups in total. The zero-order chi connectivity index (χ0) is 14.5. The number of nitrogens with two attached hydrogens (primary N) is 1. The maximum atomic E-state index is 12.0. The quantitative estimate of drug-likeness (QED) is 0.867. The van der Waals surface area contributed by atoms with Gasteiger partial charge in [0, 0.05) is 18.3 Å². The van der Waals surface area contributed by atoms with E-state index in [1.807, 2.05) is 0 Å². The maximum Gasteiger partial charge on any atom is 0.392 e. The van der Waals surface area contributed by atoms with Crippen molar-refractivity contribution < 1.29 is 17.9 Å². The molecule has 3 nitrogen and oxygen atoms in total. The van der Waals surface area contributed by atoms with Gasteiger partial charge in [-0.05, 0) is 24.0 Å². The number of alkyl halides is 3. The van der Waals surface area contributed by atoms with Gasteiger partial charge in [-0.3, -0.25) is 0 Å². The van der Waals surface area contributed by atoms with E-state index in [2.05, 4.69) is 18.8 Å². The molecule has 116 valence electrons. The Morgan fingerprint density at radius 1 is 1.35 bits per heavy atom. The van der Waals surface area contributed by atoms with E-state index >= 15 is 0 Å². The van der Waals surface area contributed by atoms with Crippen molar-refractivity contribution in [2.75, 3.05) is 6.61 Å². The zero-order valence-corrected chi connectivity index (χ0v) is 12.3. The van der Waals surface area contributed by atoms with Gasteiger partial charge in [0.2, 0.25) is 5.88 Å². The third-order valence-electron chi connectivity index (χ3n) is 2.55. The number of hydrogen-bond acceptors (Lipinski definition) is 3. The normalized spacial score (nSPS) is 12.9. The van der Waals surface area contributed by atoms with Crippen molar-refractivity contribution in [3.8, 4) is 5.88 Å². The fourth-order valence-corrected chi connectivity index (χ4v) is 1.65. The number of hydrogen-bond donors (Lipinski definition) is 1. The van der Waals surface area contributed by atoms with Gasteiger partial charge in [-0.15, -0.1) is 12.4 Å². The molecule has 0 bridgehead atoms. The summed E-state index contributed by atoms with van der Waals surface area (Å²) in [5.74, 6) is 0.624. The molecule has 1 heterocycles. The van der Waals surface area contributed by atoms with Gasteiger partial charge in [-0.1, -0.05) is 13.8 Å². The Labute approximate surface area is 123 Å². The van der Waals surface area contributed by atoms with Crippen molar-refractivity contribution in [1.82, 2.24) is 4.98 Å². The van der Waals surface area contributed by atoms with Gasteiger partial charge in [0.15, 0.2) is 0 Å². The van der Waals surface area contributed by atoms with Crippen molar-refractivity contribution in [2.45, 2.75) is 38.9 Å². The van der Waals surface area contributed by atoms with Crippen molar-refractivity contribution in [2.24, 2.45) is 11.7 Å². The predicted octanol–water partition coefficient (Wildman–Crippen LogP) is 3.88. The van der Waals surface area contributed by atoms with Crippen LogP contribution in [0.15, 0.2) is 18.3 Å². The van der Waals surface area contributed by atoms with E-state index in [1.165, 1.54) is 6.20 Å². The van der Waals surface area contributed by atoms with E-state index in [9.17, 15) is 13.2 Å². The van der Waals surface area contributed by atoms with Gasteiger partial charge >= 0.3 is 6.18 Å². The minimum absolute atomic E-state index is 0. The van der Waals surface area contributed by atoms with Crippen LogP contribution in [0.1, 0.15) is 38.3 Å². The second-order valence-electron chi connectivity index (χ2n) is 4.88. The summed E-state index contributed by atoms with van der Waals surface area (Å²) in [7, 11) is 0. The first-order valence-electron chi connectivity index (χ1n) is 6.19. The highest BCUT2D eigenvalue weighted by atomic mass is 35.5. The smallest absolute Gasteiger partial charge is 0.392 e. The average Bonchev–Trinajstić information content (AvgIpc) is 2.26. The van der Waals surface area contributed by atoms with Crippen LogP contribution in [0.3, 0.4) is 0 Å². The summed E-state index contributed by atoms with van der Waals surface area (Å²) in [6.07, 6.45) is -2.91. The molecule has 1 unspecified atom stereocenters. The SMILES string of the molecule is CC(C)CC(N)c1ccnc(OCCC(F)(F)F)c1.Cl. The molecule has 0 amide bonds. The summed E-state index contributed by atoms with van der Waals surface area (Å²) >= 11 is 0. The molecule has 0 aromatic carbocycles. The lowest BCUT2D eigenvalue weighted by Gasteiger charge is -2.15. The van der Waals surface area contributed by atoms with E-state index in [0.717, 1.165) is 12.0 Å². The lowest BCUT2D eigenvalue weighted by atomic mass is 9.99. The Kier molecular flexibility index (Phi) is 7.90. The first-order chi connectivity index (χ1) is 8.78. The standard InChI is InChI=1S/C13H19F3N2O.ClH/c1-9(2)7-11(17)10-3-5-18-12(8-10)19-6-4-13(14,15)16;/h3,5,8-9,11H,4,6-7,17H2,1-2H3;1H. The van der Waals surface area contributed by atoms with Crippen molar-refractivity contribution >= 4 is 12.4 Å². The highest BCUT2D eigenvalue weighted by Crippen LogP contribution is 2.22. The minimum Gasteiger partial charge on any atom is -0.477 e. The Morgan fingerprint density at radius 2 is 2.00 bits per heavy atom. The molecule has 0 aliphatic heterocycles. The van der Waals surface area contributed by atoms with Gasteiger partial charge in [0.25, 0.3) is 0 Å². The molecular weight excluding hydrogens is 293 g/mol. The van der Waals surface area contributed by atoms with Crippen molar-refractivity contribution in [3.05, 3.63) is 23.9 Å². The number of rotatable bonds is 6. The fourth-order valence-electron chi connectivity index (χ4n) is 1.65. The number of pyridine rings is 1. The lowest BCUT2D eigenvalue weighted by molar-refractivity contribution is -0.139. The van der Waals surface area contributed by atoms with Crippen LogP contribution in [-0.2, 0) is 0 Å². The highest BCUT2D eigenvalue weighted by molar-refractivity contribution is 5.85. The number of ether oxygens (including phenoxy) is 1. The van der Waals surface area contributed by atoms with Crippen LogP contribution in [0.5, 0.6) is 5.88 Å². The molecule has 0 radical (unpaired) electrons. The molecule has 20 heavy (non-hydrogen) atoms. The van der Waals surface area contributed by atoms with Crippen LogP contribution in [0.25, 0.3) is 0 Å². The summed E-state index contributed by atoms with van der Waals surface area (Å²) in [5, 5.41) is 0. The largest absolute Gasteiger partial charge is 0.477 e. The first-order valence-corrected chi connectivity index (χ1v) is 6.19. The monoisotopic (exact) mass is 312 g/mol. The topological polar surface area (TPSA) is 48.1 Å². The third-order valence-corrected chi connectivity index (χ3v) is 2.55. The number of nitrogens with zero attached hydrogens (tertiary/aromatic N) is 1. The van der Waals surface area contributed by atoms with Crippen LogP contribution in [0, 0.1) is 5.92 Å². The average molecular weight is 313 g/mol. The minimum atomic E-state index is -4.22. The Hall–Kier alpha value is -1.01. The Balaban J connectivity index is 0.00000361. The third kappa shape index (κ3) is 7.55. The van der Waals surface area contributed by atoms with E-state index in [-0.39, 0.29) is 24.3 Å². The molecule has 1 aromatic rings. The van der Waals surface area contributed by atoms with Gasteiger partial charge in [0.05, 0.1) is 13.0 Å². The Morgan fingerprint density at radius 3 is 2.55 bits per heavy atom. The summed E-state index contributed by atoms with van der Waals surface area (Å²) < 4.78 is 41.0. The van der Waals surface area contributed by atoms with E-state index in [0.29, 0.717) is 5.92 Å². The molecule has 1 rings (SSSR count). The van der Waals surface area contributed by atoms with Gasteiger partial charge in [-0.25, -0.2) is 4.98 Å². The molecule has 0 saturated heterocycles. The molecule has 0 aliphatic carbocycles. The van der Waals surface area contributed by atoms with Crippen LogP contribution in [0.4, 0.5) is 13.2 Å². The lowest BCUT2D eigenvalue weighted by Crippen LogP contribution is -2.15. The molecule has 0 aliphatic rings. The number of halogens is 4. The molecule has 1 aromatic heterocycles. The summed E-state index contributed by atoms with van der Waals surface area (Å²) in [5.41, 5.74) is 6.82. The van der Waals surface area contributed by atoms with Gasteiger partial charge in [0.1, 0.15) is 0 Å². The summed E-state index contributed by atoms with van der Waals surface area (Å²) in [4.78, 5) is 3.88. The molecule has 1 atom stereocenters. The van der Waals surface area contributed by atoms with E-state index in [1.54, 1.807) is 12.1 Å². The summed E-state index contributed by atoms with van der Waals surface area (Å²) in [6, 6.07) is 3.19. The summed E-state index contributed by atoms with van der Waals surface area (Å²) in [6.45, 7) is 3.68. The number of aromatic nitrogens is 1. The molecule has 7 heteroatoms. The second kappa shape index (κ2) is 8.32. The fraction of sp³-hybridized carbons (Fsp3) is 0.615. The van der Waals surface area contributed by atoms with Crippen LogP contribution >= 0.6 is 12.4 Å². The van der Waals surface area contributed by atoms with Crippen molar-refractivity contribution in [1.29, 1.82) is 0 Å². The molecular formula is C13H20ClF3N2O. The second-order valence-corrected chi connectivity index (χ2v) is 4.88.